The molecule has 0 bridgehead atoms. The van der Waals surface area contributed by atoms with Crippen LogP contribution in [0.15, 0.2) is 33.7 Å². The van der Waals surface area contributed by atoms with Crippen LogP contribution in [-0.4, -0.2) is 67.9 Å². The predicted molar refractivity (Wildman–Crippen MR) is 106 cm³/mol. The van der Waals surface area contributed by atoms with E-state index in [-0.39, 0.29) is 28.8 Å². The van der Waals surface area contributed by atoms with Gasteiger partial charge in [-0.15, -0.1) is 0 Å². The molecule has 29 heavy (non-hydrogen) atoms. The fourth-order valence-electron chi connectivity index (χ4n) is 3.40. The van der Waals surface area contributed by atoms with Crippen LogP contribution in [0.1, 0.15) is 36.3 Å². The first kappa shape index (κ1) is 21.3. The van der Waals surface area contributed by atoms with Crippen molar-refractivity contribution in [1.82, 2.24) is 20.4 Å². The van der Waals surface area contributed by atoms with Crippen molar-refractivity contribution in [1.29, 1.82) is 0 Å². The van der Waals surface area contributed by atoms with E-state index in [0.29, 0.717) is 18.3 Å². The van der Waals surface area contributed by atoms with Gasteiger partial charge in [-0.1, -0.05) is 12.1 Å². The van der Waals surface area contributed by atoms with Gasteiger partial charge in [-0.2, -0.15) is 4.98 Å². The number of ether oxygens (including phenoxy) is 1. The van der Waals surface area contributed by atoms with Gasteiger partial charge in [0.1, 0.15) is 5.75 Å². The van der Waals surface area contributed by atoms with Crippen LogP contribution in [0.5, 0.6) is 5.75 Å². The molecule has 0 unspecified atom stereocenters. The molecule has 1 saturated heterocycles. The highest BCUT2D eigenvalue weighted by Gasteiger charge is 2.25. The number of nitrogens with one attached hydrogen (secondary N) is 1. The van der Waals surface area contributed by atoms with Crippen LogP contribution >= 0.6 is 0 Å². The topological polar surface area (TPSA) is 115 Å². The molecule has 1 aromatic heterocycles. The second kappa shape index (κ2) is 9.36. The van der Waals surface area contributed by atoms with E-state index in [1.807, 2.05) is 0 Å². The number of aromatic nitrogens is 2. The number of sulfone groups is 1. The Morgan fingerprint density at radius 2 is 2.10 bits per heavy atom. The first-order valence-corrected chi connectivity index (χ1v) is 11.3. The summed E-state index contributed by atoms with van der Waals surface area (Å²) in [6.07, 6.45) is 2.23. The molecule has 9 nitrogen and oxygen atoms in total. The predicted octanol–water partition coefficient (Wildman–Crippen LogP) is 1.31. The molecule has 158 valence electrons. The van der Waals surface area contributed by atoms with E-state index >= 15 is 0 Å². The highest BCUT2D eigenvalue weighted by Crippen LogP contribution is 2.18. The summed E-state index contributed by atoms with van der Waals surface area (Å²) >= 11 is 0. The number of amides is 1. The highest BCUT2D eigenvalue weighted by atomic mass is 32.2. The summed E-state index contributed by atoms with van der Waals surface area (Å²) in [5, 5.41) is 6.55. The number of hydrogen-bond acceptors (Lipinski definition) is 8. The molecule has 3 rings (SSSR count). The van der Waals surface area contributed by atoms with E-state index in [1.54, 1.807) is 12.1 Å². The summed E-state index contributed by atoms with van der Waals surface area (Å²) in [7, 11) is -1.99. The summed E-state index contributed by atoms with van der Waals surface area (Å²) in [6.45, 7) is 4.62. The Balaban J connectivity index is 1.53. The number of nitrogens with zero attached hydrogens (tertiary/aromatic N) is 3. The van der Waals surface area contributed by atoms with Gasteiger partial charge in [0.2, 0.25) is 0 Å². The molecule has 1 atom stereocenters. The molecule has 1 aromatic carbocycles. The molecule has 0 radical (unpaired) electrons. The molecular formula is C19H26N4O5S. The van der Waals surface area contributed by atoms with Gasteiger partial charge in [-0.25, -0.2) is 8.42 Å². The van der Waals surface area contributed by atoms with Crippen molar-refractivity contribution in [2.24, 2.45) is 0 Å². The summed E-state index contributed by atoms with van der Waals surface area (Å²) in [4.78, 5) is 18.8. The Hall–Kier alpha value is -2.46. The van der Waals surface area contributed by atoms with E-state index in [9.17, 15) is 13.2 Å². The standard InChI is InChI=1S/C19H26N4O5S/c1-3-23-11-4-5-14(23)13-20-18(24)19-21-17(22-28-19)10-12-29(25,26)16-8-6-15(27-2)7-9-16/h6-9,14H,3-5,10-13H2,1-2H3,(H,20,24)/t14-/m1/s1. The lowest BCUT2D eigenvalue weighted by Crippen LogP contribution is -2.40. The highest BCUT2D eigenvalue weighted by molar-refractivity contribution is 7.91. The second-order valence-corrected chi connectivity index (χ2v) is 9.00. The smallest absolute Gasteiger partial charge is 0.315 e. The first-order valence-electron chi connectivity index (χ1n) is 9.64. The maximum atomic E-state index is 12.4. The molecule has 1 fully saturated rings. The monoisotopic (exact) mass is 422 g/mol. The van der Waals surface area contributed by atoms with Crippen LogP contribution in [0, 0.1) is 0 Å². The minimum absolute atomic E-state index is 0.0530. The van der Waals surface area contributed by atoms with Gasteiger partial charge in [0, 0.05) is 19.0 Å². The molecule has 1 amide bonds. The number of methoxy groups -OCH3 is 1. The Labute approximate surface area is 170 Å². The molecule has 1 aliphatic rings. The van der Waals surface area contributed by atoms with Crippen LogP contribution in [0.3, 0.4) is 0 Å². The number of aryl methyl sites for hydroxylation is 1. The maximum absolute atomic E-state index is 12.4. The largest absolute Gasteiger partial charge is 0.497 e. The van der Waals surface area contributed by atoms with Crippen molar-refractivity contribution < 1.29 is 22.5 Å². The Morgan fingerprint density at radius 1 is 1.34 bits per heavy atom. The normalized spacial score (nSPS) is 17.4. The Kier molecular flexibility index (Phi) is 6.86. The zero-order chi connectivity index (χ0) is 20.9. The van der Waals surface area contributed by atoms with Crippen LogP contribution in [0.4, 0.5) is 0 Å². The van der Waals surface area contributed by atoms with Gasteiger partial charge >= 0.3 is 11.8 Å². The van der Waals surface area contributed by atoms with Gasteiger partial charge < -0.3 is 14.6 Å². The Bertz CT molecular complexity index is 926. The molecular weight excluding hydrogens is 396 g/mol. The maximum Gasteiger partial charge on any atom is 0.315 e. The van der Waals surface area contributed by atoms with Crippen molar-refractivity contribution in [3.05, 3.63) is 36.0 Å². The lowest BCUT2D eigenvalue weighted by Gasteiger charge is -2.22. The zero-order valence-electron chi connectivity index (χ0n) is 16.6. The van der Waals surface area contributed by atoms with E-state index in [2.05, 4.69) is 27.3 Å². The van der Waals surface area contributed by atoms with Crippen molar-refractivity contribution in [2.45, 2.75) is 37.1 Å². The third kappa shape index (κ3) is 5.33. The minimum Gasteiger partial charge on any atom is -0.497 e. The number of rotatable bonds is 9. The van der Waals surface area contributed by atoms with Crippen LogP contribution in [0.2, 0.25) is 0 Å². The average Bonchev–Trinajstić information content (AvgIpc) is 3.39. The number of hydrogen-bond donors (Lipinski definition) is 1. The molecule has 0 spiro atoms. The number of carbonyl (C=O) groups is 1. The fourth-order valence-corrected chi connectivity index (χ4v) is 4.64. The van der Waals surface area contributed by atoms with E-state index < -0.39 is 15.7 Å². The van der Waals surface area contributed by atoms with Gasteiger partial charge in [0.15, 0.2) is 15.7 Å². The summed E-state index contributed by atoms with van der Waals surface area (Å²) in [6, 6.07) is 6.49. The van der Waals surface area contributed by atoms with Gasteiger partial charge in [-0.3, -0.25) is 9.69 Å². The molecule has 2 aromatic rings. The molecule has 0 aliphatic carbocycles. The molecule has 0 saturated carbocycles. The van der Waals surface area contributed by atoms with Crippen molar-refractivity contribution in [2.75, 3.05) is 32.5 Å². The second-order valence-electron chi connectivity index (χ2n) is 6.89. The lowest BCUT2D eigenvalue weighted by molar-refractivity contribution is 0.0897. The molecule has 10 heteroatoms. The van der Waals surface area contributed by atoms with Crippen molar-refractivity contribution >= 4 is 15.7 Å². The van der Waals surface area contributed by atoms with Crippen LogP contribution < -0.4 is 10.1 Å². The zero-order valence-corrected chi connectivity index (χ0v) is 17.4. The van der Waals surface area contributed by atoms with Crippen LogP contribution in [-0.2, 0) is 16.3 Å². The van der Waals surface area contributed by atoms with E-state index in [0.717, 1.165) is 25.9 Å². The lowest BCUT2D eigenvalue weighted by atomic mass is 10.2. The molecule has 1 N–H and O–H groups in total. The SMILES string of the molecule is CCN1CCC[C@@H]1CNC(=O)c1nc(CCS(=O)(=O)c2ccc(OC)cc2)no1. The number of likely N-dealkylation sites (N-methyl/N-ethyl adjacent to an activating group) is 1. The summed E-state index contributed by atoms with van der Waals surface area (Å²) < 4.78 is 34.9. The van der Waals surface area contributed by atoms with Gasteiger partial charge in [0.25, 0.3) is 0 Å². The first-order chi connectivity index (χ1) is 13.9. The van der Waals surface area contributed by atoms with Gasteiger partial charge in [0.05, 0.1) is 17.8 Å². The quantitative estimate of drug-likeness (QED) is 0.643. The third-order valence-corrected chi connectivity index (χ3v) is 6.81. The van der Waals surface area contributed by atoms with E-state index in [4.69, 9.17) is 9.26 Å². The third-order valence-electron chi connectivity index (χ3n) is 5.08. The minimum atomic E-state index is -3.51. The summed E-state index contributed by atoms with van der Waals surface area (Å²) in [5.41, 5.74) is 0. The molecule has 1 aliphatic heterocycles. The van der Waals surface area contributed by atoms with Gasteiger partial charge in [-0.05, 0) is 50.2 Å². The van der Waals surface area contributed by atoms with Crippen LogP contribution in [0.25, 0.3) is 0 Å². The summed E-state index contributed by atoms with van der Waals surface area (Å²) in [5.74, 6) is -0.0127. The fraction of sp³-hybridized carbons (Fsp3) is 0.526. The Morgan fingerprint density at radius 3 is 2.79 bits per heavy atom. The average molecular weight is 423 g/mol. The number of benzene rings is 1. The van der Waals surface area contributed by atoms with Crippen molar-refractivity contribution in [3.63, 3.8) is 0 Å². The number of carbonyl (C=O) groups excluding carboxylic acids is 1. The number of likely N-dealkylation sites (tertiary alicyclic amines) is 1. The molecule has 2 heterocycles. The van der Waals surface area contributed by atoms with Crippen molar-refractivity contribution in [3.8, 4) is 5.75 Å². The van der Waals surface area contributed by atoms with E-state index in [1.165, 1.54) is 19.2 Å².